The molecule has 4 rings (SSSR count). The van der Waals surface area contributed by atoms with Crippen molar-refractivity contribution in [1.29, 1.82) is 5.26 Å². The number of nitrogens with one attached hydrogen (secondary N) is 1. The van der Waals surface area contributed by atoms with Crippen molar-refractivity contribution in [3.63, 3.8) is 0 Å². The molecule has 5 nitrogen and oxygen atoms in total. The largest absolute Gasteiger partial charge is 0.462 e. The highest BCUT2D eigenvalue weighted by atomic mass is 32.1. The van der Waals surface area contributed by atoms with Crippen molar-refractivity contribution >= 4 is 28.2 Å². The molecule has 2 aromatic carbocycles. The fraction of sp³-hybridized carbons (Fsp3) is 0.296. The van der Waals surface area contributed by atoms with Gasteiger partial charge in [-0.3, -0.25) is 4.79 Å². The van der Waals surface area contributed by atoms with Crippen molar-refractivity contribution < 1.29 is 14.3 Å². The SMILES string of the molecule is CCOC(=O)c1c(NC(=O)CCc2ccccc2)sc2c1CC[C@@](C#N)(c1ccccc1)C2. The van der Waals surface area contributed by atoms with Crippen LogP contribution in [0.25, 0.3) is 0 Å². The summed E-state index contributed by atoms with van der Waals surface area (Å²) in [5.41, 5.74) is 2.78. The lowest BCUT2D eigenvalue weighted by molar-refractivity contribution is -0.116. The molecule has 0 bridgehead atoms. The minimum Gasteiger partial charge on any atom is -0.462 e. The zero-order chi connectivity index (χ0) is 23.3. The summed E-state index contributed by atoms with van der Waals surface area (Å²) in [4.78, 5) is 26.5. The Morgan fingerprint density at radius 2 is 1.82 bits per heavy atom. The molecule has 1 atom stereocenters. The number of anilines is 1. The van der Waals surface area contributed by atoms with Crippen molar-refractivity contribution in [3.8, 4) is 6.07 Å². The fourth-order valence-corrected chi connectivity index (χ4v) is 5.75. The molecule has 6 heteroatoms. The van der Waals surface area contributed by atoms with E-state index in [4.69, 9.17) is 4.74 Å². The molecule has 0 saturated heterocycles. The number of esters is 1. The second-order valence-corrected chi connectivity index (χ2v) is 9.30. The van der Waals surface area contributed by atoms with Crippen molar-refractivity contribution in [2.45, 2.75) is 44.4 Å². The van der Waals surface area contributed by atoms with Crippen LogP contribution < -0.4 is 5.32 Å². The zero-order valence-electron chi connectivity index (χ0n) is 18.6. The van der Waals surface area contributed by atoms with Crippen LogP contribution in [0.4, 0.5) is 5.00 Å². The third-order valence-electron chi connectivity index (χ3n) is 6.11. The molecule has 1 aliphatic rings. The molecule has 1 N–H and O–H groups in total. The number of carbonyl (C=O) groups is 2. The van der Waals surface area contributed by atoms with Gasteiger partial charge in [-0.2, -0.15) is 5.26 Å². The predicted molar refractivity (Wildman–Crippen MR) is 129 cm³/mol. The third kappa shape index (κ3) is 4.84. The van der Waals surface area contributed by atoms with Gasteiger partial charge in [0.15, 0.2) is 0 Å². The number of rotatable bonds is 7. The van der Waals surface area contributed by atoms with Gasteiger partial charge in [0.05, 0.1) is 23.7 Å². The average molecular weight is 459 g/mol. The molecule has 0 fully saturated rings. The van der Waals surface area contributed by atoms with E-state index >= 15 is 0 Å². The number of fused-ring (bicyclic) bond motifs is 1. The number of nitriles is 1. The Kier molecular flexibility index (Phi) is 6.90. The van der Waals surface area contributed by atoms with Crippen molar-refractivity contribution in [2.75, 3.05) is 11.9 Å². The van der Waals surface area contributed by atoms with Crippen LogP contribution in [0.5, 0.6) is 0 Å². The second kappa shape index (κ2) is 10.0. The number of hydrogen-bond donors (Lipinski definition) is 1. The Labute approximate surface area is 198 Å². The number of benzene rings is 2. The van der Waals surface area contributed by atoms with Crippen LogP contribution in [0.1, 0.15) is 51.7 Å². The number of carbonyl (C=O) groups excluding carboxylic acids is 2. The average Bonchev–Trinajstić information content (AvgIpc) is 3.20. The summed E-state index contributed by atoms with van der Waals surface area (Å²) in [5.74, 6) is -0.560. The highest BCUT2D eigenvalue weighted by Crippen LogP contribution is 2.45. The van der Waals surface area contributed by atoms with E-state index < -0.39 is 11.4 Å². The number of hydrogen-bond acceptors (Lipinski definition) is 5. The third-order valence-corrected chi connectivity index (χ3v) is 7.26. The van der Waals surface area contributed by atoms with E-state index in [1.165, 1.54) is 11.3 Å². The maximum absolute atomic E-state index is 12.8. The lowest BCUT2D eigenvalue weighted by Gasteiger charge is -2.31. The topological polar surface area (TPSA) is 79.2 Å². The molecule has 1 amide bonds. The summed E-state index contributed by atoms with van der Waals surface area (Å²) in [6.07, 6.45) is 2.66. The Hall–Kier alpha value is -3.43. The Bertz CT molecular complexity index is 1180. The maximum atomic E-state index is 12.8. The normalized spacial score (nSPS) is 17.0. The van der Waals surface area contributed by atoms with Gasteiger partial charge in [0.25, 0.3) is 0 Å². The van der Waals surface area contributed by atoms with Gasteiger partial charge >= 0.3 is 5.97 Å². The molecule has 1 aromatic heterocycles. The highest BCUT2D eigenvalue weighted by molar-refractivity contribution is 7.17. The second-order valence-electron chi connectivity index (χ2n) is 8.20. The standard InChI is InChI=1S/C27H26N2O3S/c1-2-32-26(31)24-21-15-16-27(18-28,20-11-7-4-8-12-20)17-22(21)33-25(24)29-23(30)14-13-19-9-5-3-6-10-19/h3-12H,2,13-17H2,1H3,(H,29,30)/t27-/m1/s1. The fourth-order valence-electron chi connectivity index (χ4n) is 4.38. The Morgan fingerprint density at radius 1 is 1.12 bits per heavy atom. The van der Waals surface area contributed by atoms with Crippen LogP contribution >= 0.6 is 11.3 Å². The van der Waals surface area contributed by atoms with E-state index in [2.05, 4.69) is 11.4 Å². The molecular formula is C27H26N2O3S. The maximum Gasteiger partial charge on any atom is 0.341 e. The molecule has 0 unspecified atom stereocenters. The molecule has 168 valence electrons. The van der Waals surface area contributed by atoms with Crippen molar-refractivity contribution in [2.24, 2.45) is 0 Å². The van der Waals surface area contributed by atoms with E-state index in [1.807, 2.05) is 60.7 Å². The van der Waals surface area contributed by atoms with Crippen molar-refractivity contribution in [3.05, 3.63) is 87.8 Å². The summed E-state index contributed by atoms with van der Waals surface area (Å²) in [6.45, 7) is 2.03. The van der Waals surface area contributed by atoms with Crippen LogP contribution in [0.15, 0.2) is 60.7 Å². The van der Waals surface area contributed by atoms with Gasteiger partial charge in [0, 0.05) is 17.7 Å². The minimum atomic E-state index is -0.639. The highest BCUT2D eigenvalue weighted by Gasteiger charge is 2.40. The minimum absolute atomic E-state index is 0.141. The van der Waals surface area contributed by atoms with Crippen LogP contribution in [-0.2, 0) is 34.2 Å². The van der Waals surface area contributed by atoms with Gasteiger partial charge in [-0.25, -0.2) is 4.79 Å². The molecule has 0 aliphatic heterocycles. The zero-order valence-corrected chi connectivity index (χ0v) is 19.4. The number of thiophene rings is 1. The lowest BCUT2D eigenvalue weighted by atomic mass is 9.70. The molecule has 1 aliphatic carbocycles. The van der Waals surface area contributed by atoms with Gasteiger partial charge in [0.1, 0.15) is 5.00 Å². The smallest absolute Gasteiger partial charge is 0.341 e. The first-order valence-electron chi connectivity index (χ1n) is 11.2. The van der Waals surface area contributed by atoms with Gasteiger partial charge in [-0.15, -0.1) is 11.3 Å². The van der Waals surface area contributed by atoms with Crippen LogP contribution in [0.3, 0.4) is 0 Å². The van der Waals surface area contributed by atoms with Crippen molar-refractivity contribution in [1.82, 2.24) is 0 Å². The first-order chi connectivity index (χ1) is 16.1. The lowest BCUT2D eigenvalue weighted by Crippen LogP contribution is -2.31. The molecule has 0 saturated carbocycles. The quantitative estimate of drug-likeness (QED) is 0.478. The van der Waals surface area contributed by atoms with E-state index in [9.17, 15) is 14.9 Å². The molecule has 1 heterocycles. The van der Waals surface area contributed by atoms with Crippen LogP contribution in [0, 0.1) is 11.3 Å². The van der Waals surface area contributed by atoms with Gasteiger partial charge < -0.3 is 10.1 Å². The van der Waals surface area contributed by atoms with E-state index in [1.54, 1.807) is 6.92 Å². The Balaban J connectivity index is 1.60. The van der Waals surface area contributed by atoms with Gasteiger partial charge in [-0.05, 0) is 42.9 Å². The molecule has 0 spiro atoms. The van der Waals surface area contributed by atoms with Gasteiger partial charge in [0.2, 0.25) is 5.91 Å². The van der Waals surface area contributed by atoms with Crippen LogP contribution in [0.2, 0.25) is 0 Å². The van der Waals surface area contributed by atoms with E-state index in [-0.39, 0.29) is 12.5 Å². The van der Waals surface area contributed by atoms with Crippen LogP contribution in [-0.4, -0.2) is 18.5 Å². The first-order valence-corrected chi connectivity index (χ1v) is 12.0. The summed E-state index contributed by atoms with van der Waals surface area (Å²) in [7, 11) is 0. The number of nitrogens with zero attached hydrogens (tertiary/aromatic N) is 1. The number of aryl methyl sites for hydroxylation is 1. The molecule has 3 aromatic rings. The molecule has 33 heavy (non-hydrogen) atoms. The number of ether oxygens (including phenoxy) is 1. The summed E-state index contributed by atoms with van der Waals surface area (Å²) in [5, 5.41) is 13.6. The summed E-state index contributed by atoms with van der Waals surface area (Å²) < 4.78 is 5.32. The summed E-state index contributed by atoms with van der Waals surface area (Å²) >= 11 is 1.39. The monoisotopic (exact) mass is 458 g/mol. The molecular weight excluding hydrogens is 432 g/mol. The summed E-state index contributed by atoms with van der Waals surface area (Å²) in [6, 6.07) is 22.2. The molecule has 0 radical (unpaired) electrons. The first kappa shape index (κ1) is 22.8. The van der Waals surface area contributed by atoms with Gasteiger partial charge in [-0.1, -0.05) is 60.7 Å². The predicted octanol–water partition coefficient (Wildman–Crippen LogP) is 5.45. The van der Waals surface area contributed by atoms with E-state index in [0.29, 0.717) is 42.7 Å². The number of amides is 1. The van der Waals surface area contributed by atoms with E-state index in [0.717, 1.165) is 21.6 Å². The Morgan fingerprint density at radius 3 is 2.48 bits per heavy atom.